The number of hydrogen-bond donors (Lipinski definition) is 0. The van der Waals surface area contributed by atoms with Crippen LogP contribution in [-0.4, -0.2) is 40.5 Å². The van der Waals surface area contributed by atoms with Gasteiger partial charge in [0.1, 0.15) is 18.0 Å². The van der Waals surface area contributed by atoms with Crippen LogP contribution >= 0.6 is 0 Å². The molecule has 1 amide bonds. The van der Waals surface area contributed by atoms with E-state index in [0.29, 0.717) is 55.3 Å². The molecule has 3 aromatic rings. The van der Waals surface area contributed by atoms with Gasteiger partial charge in [0.05, 0.1) is 12.1 Å². The van der Waals surface area contributed by atoms with E-state index < -0.39 is 11.7 Å². The summed E-state index contributed by atoms with van der Waals surface area (Å²) < 4.78 is 45.1. The number of rotatable bonds is 3. The highest BCUT2D eigenvalue weighted by molar-refractivity contribution is 5.97. The van der Waals surface area contributed by atoms with E-state index in [1.54, 1.807) is 17.0 Å². The summed E-state index contributed by atoms with van der Waals surface area (Å²) in [6.45, 7) is 2.03. The number of ether oxygens (including phenoxy) is 1. The van der Waals surface area contributed by atoms with Gasteiger partial charge in [0, 0.05) is 37.9 Å². The van der Waals surface area contributed by atoms with E-state index >= 15 is 0 Å². The highest BCUT2D eigenvalue weighted by Gasteiger charge is 2.33. The minimum Gasteiger partial charge on any atom is -0.475 e. The molecule has 170 valence electrons. The number of nitrogens with zero attached hydrogens (tertiary/aromatic N) is 4. The quantitative estimate of drug-likeness (QED) is 0.597. The van der Waals surface area contributed by atoms with Crippen molar-refractivity contribution in [2.24, 2.45) is 0 Å². The number of alkyl halides is 3. The number of benzene rings is 1. The number of halogens is 3. The lowest BCUT2D eigenvalue weighted by Crippen LogP contribution is -2.32. The summed E-state index contributed by atoms with van der Waals surface area (Å²) in [6.07, 6.45) is -3.04. The summed E-state index contributed by atoms with van der Waals surface area (Å²) in [4.78, 5) is 25.3. The maximum Gasteiger partial charge on any atom is 0.417 e. The van der Waals surface area contributed by atoms with E-state index in [2.05, 4.69) is 9.97 Å². The average molecular weight is 454 g/mol. The Labute approximate surface area is 188 Å². The summed E-state index contributed by atoms with van der Waals surface area (Å²) in [7, 11) is 0. The van der Waals surface area contributed by atoms with Gasteiger partial charge in [-0.1, -0.05) is 30.3 Å². The molecular weight excluding hydrogens is 433 g/mol. The standard InChI is InChI=1S/C24H21F3N4O2/c25-24(26,27)18-12-17-15-30(9-8-20(17)28-13-18)21-7-6-19-22(29-21)33-11-10-31(23(19)32)14-16-4-2-1-3-5-16/h1-7,12-13H,8-11,14-15H2. The van der Waals surface area contributed by atoms with E-state index in [0.717, 1.165) is 17.8 Å². The zero-order chi connectivity index (χ0) is 23.0. The van der Waals surface area contributed by atoms with Crippen LogP contribution in [0.25, 0.3) is 0 Å². The topological polar surface area (TPSA) is 58.6 Å². The van der Waals surface area contributed by atoms with Gasteiger partial charge in [0.25, 0.3) is 5.91 Å². The number of aromatic nitrogens is 2. The summed E-state index contributed by atoms with van der Waals surface area (Å²) in [5.41, 5.74) is 1.84. The van der Waals surface area contributed by atoms with Crippen LogP contribution in [0.3, 0.4) is 0 Å². The lowest BCUT2D eigenvalue weighted by molar-refractivity contribution is -0.137. The minimum atomic E-state index is -4.44. The van der Waals surface area contributed by atoms with Gasteiger partial charge < -0.3 is 14.5 Å². The zero-order valence-electron chi connectivity index (χ0n) is 17.7. The van der Waals surface area contributed by atoms with Crippen LogP contribution in [-0.2, 0) is 25.7 Å². The van der Waals surface area contributed by atoms with Crippen LogP contribution < -0.4 is 9.64 Å². The molecule has 0 N–H and O–H groups in total. The first-order chi connectivity index (χ1) is 15.9. The van der Waals surface area contributed by atoms with Crippen LogP contribution in [0, 0.1) is 0 Å². The molecule has 2 aliphatic rings. The third kappa shape index (κ3) is 4.35. The average Bonchev–Trinajstić information content (AvgIpc) is 2.97. The number of amides is 1. The number of pyridine rings is 2. The van der Waals surface area contributed by atoms with Crippen molar-refractivity contribution in [1.82, 2.24) is 14.9 Å². The molecule has 0 unspecified atom stereocenters. The summed E-state index contributed by atoms with van der Waals surface area (Å²) in [5.74, 6) is 0.649. The molecule has 6 nitrogen and oxygen atoms in total. The van der Waals surface area contributed by atoms with Gasteiger partial charge in [-0.3, -0.25) is 9.78 Å². The Bertz CT molecular complexity index is 1180. The van der Waals surface area contributed by atoms with E-state index in [-0.39, 0.29) is 18.3 Å². The monoisotopic (exact) mass is 454 g/mol. The molecular formula is C24H21F3N4O2. The first kappa shape index (κ1) is 21.2. The fraction of sp³-hybridized carbons (Fsp3) is 0.292. The second kappa shape index (κ2) is 8.38. The molecule has 2 aliphatic heterocycles. The third-order valence-electron chi connectivity index (χ3n) is 5.87. The molecule has 5 rings (SSSR count). The molecule has 9 heteroatoms. The Hall–Kier alpha value is -3.62. The SMILES string of the molecule is O=C1c2ccc(N3CCc4ncc(C(F)(F)F)cc4C3)nc2OCCN1Cc1ccccc1. The van der Waals surface area contributed by atoms with Crippen molar-refractivity contribution >= 4 is 11.7 Å². The Morgan fingerprint density at radius 2 is 1.88 bits per heavy atom. The van der Waals surface area contributed by atoms with Crippen LogP contribution in [0.2, 0.25) is 0 Å². The Morgan fingerprint density at radius 1 is 1.06 bits per heavy atom. The minimum absolute atomic E-state index is 0.159. The fourth-order valence-corrected chi connectivity index (χ4v) is 4.14. The first-order valence-electron chi connectivity index (χ1n) is 10.7. The predicted molar refractivity (Wildman–Crippen MR) is 115 cm³/mol. The van der Waals surface area contributed by atoms with Crippen molar-refractivity contribution in [3.8, 4) is 5.88 Å². The normalized spacial score (nSPS) is 16.0. The Morgan fingerprint density at radius 3 is 2.67 bits per heavy atom. The van der Waals surface area contributed by atoms with Crippen molar-refractivity contribution in [2.75, 3.05) is 24.6 Å². The number of hydrogen-bond acceptors (Lipinski definition) is 5. The second-order valence-corrected chi connectivity index (χ2v) is 8.08. The molecule has 0 saturated heterocycles. The van der Waals surface area contributed by atoms with Crippen molar-refractivity contribution in [3.05, 3.63) is 82.7 Å². The molecule has 4 heterocycles. The van der Waals surface area contributed by atoms with Gasteiger partial charge in [-0.2, -0.15) is 18.2 Å². The van der Waals surface area contributed by atoms with E-state index in [1.165, 1.54) is 0 Å². The number of fused-ring (bicyclic) bond motifs is 2. The molecule has 0 radical (unpaired) electrons. The summed E-state index contributed by atoms with van der Waals surface area (Å²) >= 11 is 0. The zero-order valence-corrected chi connectivity index (χ0v) is 17.7. The molecule has 0 fully saturated rings. The molecule has 1 aromatic carbocycles. The van der Waals surface area contributed by atoms with Gasteiger partial charge in [0.2, 0.25) is 5.88 Å². The van der Waals surface area contributed by atoms with Gasteiger partial charge in [0.15, 0.2) is 0 Å². The molecule has 2 aromatic heterocycles. The summed E-state index contributed by atoms with van der Waals surface area (Å²) in [5, 5.41) is 0. The van der Waals surface area contributed by atoms with Crippen molar-refractivity contribution < 1.29 is 22.7 Å². The molecule has 0 spiro atoms. The molecule has 0 bridgehead atoms. The Balaban J connectivity index is 1.37. The summed E-state index contributed by atoms with van der Waals surface area (Å²) in [6, 6.07) is 14.3. The molecule has 0 aliphatic carbocycles. The Kier molecular flexibility index (Phi) is 5.39. The molecule has 33 heavy (non-hydrogen) atoms. The van der Waals surface area contributed by atoms with Crippen molar-refractivity contribution in [1.29, 1.82) is 0 Å². The van der Waals surface area contributed by atoms with Gasteiger partial charge in [-0.15, -0.1) is 0 Å². The van der Waals surface area contributed by atoms with Gasteiger partial charge >= 0.3 is 6.18 Å². The number of anilines is 1. The van der Waals surface area contributed by atoms with Crippen molar-refractivity contribution in [3.63, 3.8) is 0 Å². The van der Waals surface area contributed by atoms with Crippen LogP contribution in [0.4, 0.5) is 19.0 Å². The smallest absolute Gasteiger partial charge is 0.417 e. The maximum atomic E-state index is 13.1. The van der Waals surface area contributed by atoms with Crippen molar-refractivity contribution in [2.45, 2.75) is 25.7 Å². The largest absolute Gasteiger partial charge is 0.475 e. The number of carbonyl (C=O) groups is 1. The molecule has 0 saturated carbocycles. The fourth-order valence-electron chi connectivity index (χ4n) is 4.14. The lowest BCUT2D eigenvalue weighted by Gasteiger charge is -2.30. The second-order valence-electron chi connectivity index (χ2n) is 8.08. The molecule has 0 atom stereocenters. The van der Waals surface area contributed by atoms with E-state index in [4.69, 9.17) is 4.74 Å². The van der Waals surface area contributed by atoms with E-state index in [9.17, 15) is 18.0 Å². The third-order valence-corrected chi connectivity index (χ3v) is 5.87. The first-order valence-corrected chi connectivity index (χ1v) is 10.7. The lowest BCUT2D eigenvalue weighted by atomic mass is 10.0. The highest BCUT2D eigenvalue weighted by atomic mass is 19.4. The van der Waals surface area contributed by atoms with Gasteiger partial charge in [-0.05, 0) is 29.3 Å². The van der Waals surface area contributed by atoms with Gasteiger partial charge in [-0.25, -0.2) is 0 Å². The predicted octanol–water partition coefficient (Wildman–Crippen LogP) is 4.09. The highest BCUT2D eigenvalue weighted by Crippen LogP contribution is 2.32. The van der Waals surface area contributed by atoms with Crippen LogP contribution in [0.1, 0.15) is 32.7 Å². The number of carbonyl (C=O) groups excluding carboxylic acids is 1. The maximum absolute atomic E-state index is 13.1. The van der Waals surface area contributed by atoms with Crippen LogP contribution in [0.5, 0.6) is 5.88 Å². The van der Waals surface area contributed by atoms with E-state index in [1.807, 2.05) is 35.2 Å². The van der Waals surface area contributed by atoms with Crippen LogP contribution in [0.15, 0.2) is 54.7 Å².